The molecule has 3 heteroatoms. The van der Waals surface area contributed by atoms with Crippen LogP contribution in [0.15, 0.2) is 30.9 Å². The molecule has 0 N–H and O–H groups in total. The number of carbonyl (C=O) groups is 1. The van der Waals surface area contributed by atoms with E-state index in [0.717, 1.165) is 25.7 Å². The average molecular weight is 236 g/mol. The van der Waals surface area contributed by atoms with Gasteiger partial charge in [-0.1, -0.05) is 6.08 Å². The van der Waals surface area contributed by atoms with E-state index in [1.54, 1.807) is 6.07 Å². The predicted octanol–water partition coefficient (Wildman–Crippen LogP) is 3.76. The first-order valence-electron chi connectivity index (χ1n) is 5.75. The molecule has 0 aliphatic rings. The molecule has 0 aromatic heterocycles. The van der Waals surface area contributed by atoms with Crippen molar-refractivity contribution in [3.8, 4) is 5.75 Å². The smallest absolute Gasteiger partial charge is 0.150 e. The molecule has 0 aliphatic carbocycles. The molecule has 1 rings (SSSR count). The molecular weight excluding hydrogens is 219 g/mol. The lowest BCUT2D eigenvalue weighted by Gasteiger charge is -2.06. The summed E-state index contributed by atoms with van der Waals surface area (Å²) in [4.78, 5) is 10.5. The fraction of sp³-hybridized carbons (Fsp3) is 0.357. The average Bonchev–Trinajstić information content (AvgIpc) is 2.33. The number of carbonyl (C=O) groups excluding carboxylic acids is 1. The van der Waals surface area contributed by atoms with Crippen molar-refractivity contribution in [2.75, 3.05) is 6.61 Å². The number of hydrogen-bond acceptors (Lipinski definition) is 2. The van der Waals surface area contributed by atoms with Crippen molar-refractivity contribution < 1.29 is 13.9 Å². The molecule has 0 amide bonds. The Morgan fingerprint density at radius 3 is 2.76 bits per heavy atom. The number of halogens is 1. The van der Waals surface area contributed by atoms with E-state index in [1.807, 2.05) is 6.08 Å². The first-order valence-corrected chi connectivity index (χ1v) is 5.75. The van der Waals surface area contributed by atoms with E-state index in [4.69, 9.17) is 4.74 Å². The first-order chi connectivity index (χ1) is 8.26. The van der Waals surface area contributed by atoms with E-state index in [2.05, 4.69) is 6.58 Å². The Morgan fingerprint density at radius 1 is 1.24 bits per heavy atom. The number of allylic oxidation sites excluding steroid dienone is 1. The molecule has 0 radical (unpaired) electrons. The SMILES string of the molecule is C=CCCCCCOc1cc(F)cc(C=O)c1. The third-order valence-corrected chi connectivity index (χ3v) is 2.35. The zero-order valence-electron chi connectivity index (χ0n) is 9.82. The molecule has 0 aliphatic heterocycles. The van der Waals surface area contributed by atoms with Gasteiger partial charge in [0, 0.05) is 11.6 Å². The third-order valence-electron chi connectivity index (χ3n) is 2.35. The minimum atomic E-state index is -0.448. The minimum absolute atomic E-state index is 0.298. The number of hydrogen-bond donors (Lipinski definition) is 0. The van der Waals surface area contributed by atoms with Crippen LogP contribution in [0.2, 0.25) is 0 Å². The van der Waals surface area contributed by atoms with Gasteiger partial charge in [0.2, 0.25) is 0 Å². The van der Waals surface area contributed by atoms with Gasteiger partial charge in [0.05, 0.1) is 6.61 Å². The Kier molecular flexibility index (Phi) is 6.00. The highest BCUT2D eigenvalue weighted by atomic mass is 19.1. The van der Waals surface area contributed by atoms with E-state index < -0.39 is 5.82 Å². The minimum Gasteiger partial charge on any atom is -0.493 e. The molecule has 0 atom stereocenters. The summed E-state index contributed by atoms with van der Waals surface area (Å²) < 4.78 is 18.4. The maximum atomic E-state index is 13.0. The van der Waals surface area contributed by atoms with E-state index >= 15 is 0 Å². The first kappa shape index (κ1) is 13.4. The highest BCUT2D eigenvalue weighted by Crippen LogP contribution is 2.15. The molecule has 0 heterocycles. The maximum absolute atomic E-state index is 13.0. The second-order valence-electron chi connectivity index (χ2n) is 3.82. The molecular formula is C14H17FO2. The fourth-order valence-electron chi connectivity index (χ4n) is 1.49. The second kappa shape index (κ2) is 7.60. The summed E-state index contributed by atoms with van der Waals surface area (Å²) in [5.41, 5.74) is 0.298. The van der Waals surface area contributed by atoms with Gasteiger partial charge in [-0.15, -0.1) is 6.58 Å². The van der Waals surface area contributed by atoms with Gasteiger partial charge in [-0.05, 0) is 37.8 Å². The highest BCUT2D eigenvalue weighted by molar-refractivity contribution is 5.75. The van der Waals surface area contributed by atoms with Crippen molar-refractivity contribution in [1.29, 1.82) is 0 Å². The molecule has 17 heavy (non-hydrogen) atoms. The van der Waals surface area contributed by atoms with Crippen molar-refractivity contribution in [2.24, 2.45) is 0 Å². The Balaban J connectivity index is 2.33. The van der Waals surface area contributed by atoms with Crippen LogP contribution in [0.5, 0.6) is 5.75 Å². The molecule has 0 unspecified atom stereocenters. The summed E-state index contributed by atoms with van der Waals surface area (Å²) in [5.74, 6) is -0.0351. The van der Waals surface area contributed by atoms with Crippen LogP contribution in [0.4, 0.5) is 4.39 Å². The van der Waals surface area contributed by atoms with E-state index in [9.17, 15) is 9.18 Å². The van der Waals surface area contributed by atoms with Crippen LogP contribution < -0.4 is 4.74 Å². The van der Waals surface area contributed by atoms with Crippen molar-refractivity contribution in [3.05, 3.63) is 42.2 Å². The normalized spacial score (nSPS) is 9.94. The van der Waals surface area contributed by atoms with Gasteiger partial charge in [0.1, 0.15) is 17.9 Å². The molecule has 0 bridgehead atoms. The number of rotatable bonds is 8. The molecule has 0 spiro atoms. The summed E-state index contributed by atoms with van der Waals surface area (Å²) in [5, 5.41) is 0. The lowest BCUT2D eigenvalue weighted by atomic mass is 10.2. The van der Waals surface area contributed by atoms with Crippen LogP contribution in [0, 0.1) is 5.82 Å². The topological polar surface area (TPSA) is 26.3 Å². The van der Waals surface area contributed by atoms with Crippen LogP contribution in [-0.2, 0) is 0 Å². The third kappa shape index (κ3) is 5.29. The number of unbranched alkanes of at least 4 members (excludes halogenated alkanes) is 3. The largest absolute Gasteiger partial charge is 0.493 e. The van der Waals surface area contributed by atoms with E-state index in [-0.39, 0.29) is 0 Å². The summed E-state index contributed by atoms with van der Waals surface area (Å²) in [6, 6.07) is 4.01. The van der Waals surface area contributed by atoms with Gasteiger partial charge in [-0.3, -0.25) is 4.79 Å². The molecule has 92 valence electrons. The molecule has 1 aromatic carbocycles. The maximum Gasteiger partial charge on any atom is 0.150 e. The number of benzene rings is 1. The number of aldehydes is 1. The van der Waals surface area contributed by atoms with Crippen molar-refractivity contribution in [2.45, 2.75) is 25.7 Å². The predicted molar refractivity (Wildman–Crippen MR) is 65.9 cm³/mol. The van der Waals surface area contributed by atoms with Crippen LogP contribution in [0.1, 0.15) is 36.0 Å². The van der Waals surface area contributed by atoms with E-state index in [1.165, 1.54) is 12.1 Å². The zero-order valence-corrected chi connectivity index (χ0v) is 9.82. The van der Waals surface area contributed by atoms with Crippen LogP contribution in [-0.4, -0.2) is 12.9 Å². The second-order valence-corrected chi connectivity index (χ2v) is 3.82. The van der Waals surface area contributed by atoms with Crippen molar-refractivity contribution in [1.82, 2.24) is 0 Å². The Labute approximate surface area is 101 Å². The van der Waals surface area contributed by atoms with Crippen LogP contribution in [0.3, 0.4) is 0 Å². The van der Waals surface area contributed by atoms with Gasteiger partial charge in [-0.25, -0.2) is 4.39 Å². The standard InChI is InChI=1S/C14H17FO2/c1-2-3-4-5-6-7-17-14-9-12(11-16)8-13(15)10-14/h2,8-11H,1,3-7H2. The summed E-state index contributed by atoms with van der Waals surface area (Å²) in [7, 11) is 0. The molecule has 0 fully saturated rings. The van der Waals surface area contributed by atoms with Crippen LogP contribution >= 0.6 is 0 Å². The van der Waals surface area contributed by atoms with Gasteiger partial charge < -0.3 is 4.74 Å². The highest BCUT2D eigenvalue weighted by Gasteiger charge is 2.01. The van der Waals surface area contributed by atoms with Gasteiger partial charge in [0.15, 0.2) is 0 Å². The van der Waals surface area contributed by atoms with Crippen LogP contribution in [0.25, 0.3) is 0 Å². The lowest BCUT2D eigenvalue weighted by Crippen LogP contribution is -1.98. The molecule has 0 saturated carbocycles. The summed E-state index contributed by atoms with van der Waals surface area (Å²) in [6.07, 6.45) is 6.58. The zero-order chi connectivity index (χ0) is 12.5. The molecule has 0 saturated heterocycles. The van der Waals surface area contributed by atoms with Gasteiger partial charge in [-0.2, -0.15) is 0 Å². The van der Waals surface area contributed by atoms with E-state index in [0.29, 0.717) is 24.2 Å². The summed E-state index contributed by atoms with van der Waals surface area (Å²) >= 11 is 0. The Morgan fingerprint density at radius 2 is 2.06 bits per heavy atom. The molecule has 2 nitrogen and oxygen atoms in total. The fourth-order valence-corrected chi connectivity index (χ4v) is 1.49. The monoisotopic (exact) mass is 236 g/mol. The number of ether oxygens (including phenoxy) is 1. The molecule has 1 aromatic rings. The van der Waals surface area contributed by atoms with Gasteiger partial charge in [0.25, 0.3) is 0 Å². The van der Waals surface area contributed by atoms with Gasteiger partial charge >= 0.3 is 0 Å². The quantitative estimate of drug-likeness (QED) is 0.390. The lowest BCUT2D eigenvalue weighted by molar-refractivity contribution is 0.112. The van der Waals surface area contributed by atoms with Crippen molar-refractivity contribution >= 4 is 6.29 Å². The Hall–Kier alpha value is -1.64. The Bertz CT molecular complexity index is 374. The summed E-state index contributed by atoms with van der Waals surface area (Å²) in [6.45, 7) is 4.19. The van der Waals surface area contributed by atoms with Crippen molar-refractivity contribution in [3.63, 3.8) is 0 Å².